The van der Waals surface area contributed by atoms with Crippen molar-refractivity contribution in [2.24, 2.45) is 0 Å². The van der Waals surface area contributed by atoms with E-state index in [2.05, 4.69) is 6.08 Å². The van der Waals surface area contributed by atoms with Crippen molar-refractivity contribution >= 4 is 23.9 Å². The third-order valence-corrected chi connectivity index (χ3v) is 2.14. The molecular formula is C12H20O3S. The number of carbonyl (C=O) groups is 1. The minimum absolute atomic E-state index is 0.250. The van der Waals surface area contributed by atoms with Crippen molar-refractivity contribution in [2.45, 2.75) is 27.7 Å². The van der Waals surface area contributed by atoms with Crippen LogP contribution in [0, 0.1) is 0 Å². The standard InChI is InChI=1S/C9H12OS.C2H6.CH2O2/c1-3-5-9-8(10-4-2)6-7-11-9;1-2;2-1-3/h3,5-7H,4H2,1-2H3;1-2H3;1H,(H,2,3)/b5-3+;;. The molecular weight excluding hydrogens is 224 g/mol. The Labute approximate surface area is 101 Å². The summed E-state index contributed by atoms with van der Waals surface area (Å²) in [6, 6.07) is 2.00. The fraction of sp³-hybridized carbons (Fsp3) is 0.417. The Morgan fingerprint density at radius 2 is 2.06 bits per heavy atom. The van der Waals surface area contributed by atoms with Gasteiger partial charge in [-0.05, 0) is 31.4 Å². The normalized spacial score (nSPS) is 8.50. The van der Waals surface area contributed by atoms with Crippen molar-refractivity contribution in [1.82, 2.24) is 0 Å². The van der Waals surface area contributed by atoms with Gasteiger partial charge in [-0.2, -0.15) is 0 Å². The molecule has 0 aromatic carbocycles. The molecule has 0 unspecified atom stereocenters. The zero-order chi connectivity index (χ0) is 12.8. The van der Waals surface area contributed by atoms with E-state index in [-0.39, 0.29) is 6.47 Å². The maximum atomic E-state index is 8.36. The number of rotatable bonds is 3. The molecule has 0 aliphatic rings. The lowest BCUT2D eigenvalue weighted by atomic mass is 10.4. The fourth-order valence-electron chi connectivity index (χ4n) is 0.857. The lowest BCUT2D eigenvalue weighted by Gasteiger charge is -1.99. The van der Waals surface area contributed by atoms with Gasteiger partial charge in [-0.25, -0.2) is 0 Å². The van der Waals surface area contributed by atoms with Crippen molar-refractivity contribution in [2.75, 3.05) is 6.61 Å². The van der Waals surface area contributed by atoms with Crippen LogP contribution in [0.1, 0.15) is 32.6 Å². The van der Waals surface area contributed by atoms with E-state index in [9.17, 15) is 0 Å². The fourth-order valence-corrected chi connectivity index (χ4v) is 1.65. The van der Waals surface area contributed by atoms with E-state index < -0.39 is 0 Å². The third-order valence-electron chi connectivity index (χ3n) is 1.28. The second-order valence-corrected chi connectivity index (χ2v) is 3.14. The molecule has 0 fully saturated rings. The predicted octanol–water partition coefficient (Wildman–Crippen LogP) is 3.91. The molecule has 1 N–H and O–H groups in total. The molecule has 0 atom stereocenters. The van der Waals surface area contributed by atoms with Crippen LogP contribution in [0.25, 0.3) is 6.08 Å². The maximum Gasteiger partial charge on any atom is 0.290 e. The highest BCUT2D eigenvalue weighted by atomic mass is 32.1. The summed E-state index contributed by atoms with van der Waals surface area (Å²) in [5, 5.41) is 8.93. The maximum absolute atomic E-state index is 8.36. The number of thiophene rings is 1. The van der Waals surface area contributed by atoms with Crippen molar-refractivity contribution in [3.8, 4) is 5.75 Å². The van der Waals surface area contributed by atoms with E-state index in [1.807, 2.05) is 45.2 Å². The first-order valence-electron chi connectivity index (χ1n) is 5.21. The zero-order valence-corrected chi connectivity index (χ0v) is 11.1. The highest BCUT2D eigenvalue weighted by molar-refractivity contribution is 7.11. The molecule has 0 saturated heterocycles. The molecule has 0 amide bonds. The van der Waals surface area contributed by atoms with Crippen molar-refractivity contribution < 1.29 is 14.6 Å². The zero-order valence-electron chi connectivity index (χ0n) is 10.3. The molecule has 16 heavy (non-hydrogen) atoms. The van der Waals surface area contributed by atoms with E-state index in [4.69, 9.17) is 14.6 Å². The lowest BCUT2D eigenvalue weighted by Crippen LogP contribution is -1.89. The molecule has 0 saturated carbocycles. The summed E-state index contributed by atoms with van der Waals surface area (Å²) >= 11 is 1.70. The summed E-state index contributed by atoms with van der Waals surface area (Å²) in [6.45, 7) is 8.49. The highest BCUT2D eigenvalue weighted by Gasteiger charge is 1.99. The van der Waals surface area contributed by atoms with Gasteiger partial charge in [-0.3, -0.25) is 4.79 Å². The van der Waals surface area contributed by atoms with E-state index in [1.165, 1.54) is 4.88 Å². The number of allylic oxidation sites excluding steroid dienone is 1. The van der Waals surface area contributed by atoms with E-state index in [1.54, 1.807) is 11.3 Å². The van der Waals surface area contributed by atoms with Gasteiger partial charge in [0.2, 0.25) is 0 Å². The summed E-state index contributed by atoms with van der Waals surface area (Å²) in [4.78, 5) is 9.56. The van der Waals surface area contributed by atoms with Crippen LogP contribution < -0.4 is 4.74 Å². The monoisotopic (exact) mass is 244 g/mol. The summed E-state index contributed by atoms with van der Waals surface area (Å²) in [5.74, 6) is 0.996. The van der Waals surface area contributed by atoms with Crippen LogP contribution in [0.4, 0.5) is 0 Å². The van der Waals surface area contributed by atoms with Crippen LogP contribution in [-0.4, -0.2) is 18.2 Å². The third kappa shape index (κ3) is 8.05. The van der Waals surface area contributed by atoms with Gasteiger partial charge in [0.25, 0.3) is 6.47 Å². The predicted molar refractivity (Wildman–Crippen MR) is 70.2 cm³/mol. The molecule has 0 radical (unpaired) electrons. The Bertz CT molecular complexity index is 280. The topological polar surface area (TPSA) is 46.5 Å². The molecule has 4 heteroatoms. The van der Waals surface area contributed by atoms with Crippen LogP contribution in [-0.2, 0) is 4.79 Å². The van der Waals surface area contributed by atoms with Gasteiger partial charge in [-0.15, -0.1) is 11.3 Å². The number of ether oxygens (including phenoxy) is 1. The Kier molecular flexibility index (Phi) is 14.7. The van der Waals surface area contributed by atoms with Crippen LogP contribution >= 0.6 is 11.3 Å². The molecule has 1 aromatic heterocycles. The van der Waals surface area contributed by atoms with Crippen LogP contribution in [0.2, 0.25) is 0 Å². The first-order valence-corrected chi connectivity index (χ1v) is 6.08. The minimum atomic E-state index is -0.250. The summed E-state index contributed by atoms with van der Waals surface area (Å²) in [7, 11) is 0. The van der Waals surface area contributed by atoms with E-state index >= 15 is 0 Å². The van der Waals surface area contributed by atoms with Gasteiger partial charge in [0.1, 0.15) is 5.75 Å². The van der Waals surface area contributed by atoms with Gasteiger partial charge in [0.15, 0.2) is 0 Å². The SMILES string of the molecule is C/C=C/c1sccc1OCC.CC.O=CO. The highest BCUT2D eigenvalue weighted by Crippen LogP contribution is 2.25. The number of hydrogen-bond acceptors (Lipinski definition) is 3. The second-order valence-electron chi connectivity index (χ2n) is 2.19. The van der Waals surface area contributed by atoms with Crippen molar-refractivity contribution in [1.29, 1.82) is 0 Å². The van der Waals surface area contributed by atoms with E-state index in [0.29, 0.717) is 0 Å². The van der Waals surface area contributed by atoms with Gasteiger partial charge in [0.05, 0.1) is 11.5 Å². The Morgan fingerprint density at radius 1 is 1.50 bits per heavy atom. The first kappa shape index (κ1) is 17.1. The van der Waals surface area contributed by atoms with Crippen LogP contribution in [0.15, 0.2) is 17.5 Å². The Morgan fingerprint density at radius 3 is 2.50 bits per heavy atom. The number of hydrogen-bond donors (Lipinski definition) is 1. The summed E-state index contributed by atoms with van der Waals surface area (Å²) < 4.78 is 5.39. The number of carboxylic acid groups (broad SMARTS) is 1. The molecule has 3 nitrogen and oxygen atoms in total. The van der Waals surface area contributed by atoms with Gasteiger partial charge in [-0.1, -0.05) is 19.9 Å². The van der Waals surface area contributed by atoms with Crippen LogP contribution in [0.3, 0.4) is 0 Å². The average Bonchev–Trinajstić information content (AvgIpc) is 2.71. The van der Waals surface area contributed by atoms with Crippen molar-refractivity contribution in [3.05, 3.63) is 22.4 Å². The molecule has 0 aliphatic heterocycles. The molecule has 0 bridgehead atoms. The van der Waals surface area contributed by atoms with E-state index in [0.717, 1.165) is 12.4 Å². The smallest absolute Gasteiger partial charge is 0.290 e. The summed E-state index contributed by atoms with van der Waals surface area (Å²) in [5.41, 5.74) is 0. The molecule has 0 spiro atoms. The Hall–Kier alpha value is -1.29. The van der Waals surface area contributed by atoms with Gasteiger partial charge < -0.3 is 9.84 Å². The van der Waals surface area contributed by atoms with Gasteiger partial charge >= 0.3 is 0 Å². The minimum Gasteiger partial charge on any atom is -0.492 e. The molecule has 0 aliphatic carbocycles. The van der Waals surface area contributed by atoms with Crippen molar-refractivity contribution in [3.63, 3.8) is 0 Å². The average molecular weight is 244 g/mol. The quantitative estimate of drug-likeness (QED) is 0.820. The second kappa shape index (κ2) is 13.7. The molecule has 1 heterocycles. The first-order chi connectivity index (χ1) is 7.79. The molecule has 1 aromatic rings. The summed E-state index contributed by atoms with van der Waals surface area (Å²) in [6.07, 6.45) is 4.09. The van der Waals surface area contributed by atoms with Crippen LogP contribution in [0.5, 0.6) is 5.75 Å². The molecule has 92 valence electrons. The lowest BCUT2D eigenvalue weighted by molar-refractivity contribution is -0.122. The largest absolute Gasteiger partial charge is 0.492 e. The molecule has 1 rings (SSSR count). The Balaban J connectivity index is 0. The van der Waals surface area contributed by atoms with Gasteiger partial charge in [0, 0.05) is 0 Å².